The first kappa shape index (κ1) is 14.6. The molecule has 1 saturated heterocycles. The Morgan fingerprint density at radius 1 is 1.40 bits per heavy atom. The zero-order valence-corrected chi connectivity index (χ0v) is 11.8. The van der Waals surface area contributed by atoms with Crippen molar-refractivity contribution in [3.8, 4) is 11.5 Å². The van der Waals surface area contributed by atoms with Gasteiger partial charge in [-0.25, -0.2) is 0 Å². The molecule has 1 aromatic carbocycles. The first-order valence-electron chi connectivity index (χ1n) is 6.89. The highest BCUT2D eigenvalue weighted by Crippen LogP contribution is 2.37. The molecule has 1 aliphatic rings. The monoisotopic (exact) mass is 280 g/mol. The van der Waals surface area contributed by atoms with Gasteiger partial charge >= 0.3 is 5.69 Å². The van der Waals surface area contributed by atoms with E-state index >= 15 is 0 Å². The molecule has 6 nitrogen and oxygen atoms in total. The van der Waals surface area contributed by atoms with E-state index in [1.165, 1.54) is 0 Å². The van der Waals surface area contributed by atoms with Crippen LogP contribution in [0.4, 0.5) is 5.69 Å². The maximum absolute atomic E-state index is 11.3. The average Bonchev–Trinajstić information content (AvgIpc) is 2.39. The highest BCUT2D eigenvalue weighted by atomic mass is 16.6. The van der Waals surface area contributed by atoms with E-state index in [1.54, 1.807) is 18.2 Å². The smallest absolute Gasteiger partial charge is 0.352 e. The predicted molar refractivity (Wildman–Crippen MR) is 75.4 cm³/mol. The number of hydrogen-bond acceptors (Lipinski definition) is 5. The summed E-state index contributed by atoms with van der Waals surface area (Å²) >= 11 is 0. The Morgan fingerprint density at radius 2 is 2.15 bits per heavy atom. The normalized spacial score (nSPS) is 18.9. The van der Waals surface area contributed by atoms with Crippen molar-refractivity contribution in [3.05, 3.63) is 28.3 Å². The fraction of sp³-hybridized carbons (Fsp3) is 0.571. The molecule has 1 aliphatic heterocycles. The minimum absolute atomic E-state index is 0.0308. The van der Waals surface area contributed by atoms with Gasteiger partial charge in [-0.15, -0.1) is 0 Å². The number of rotatable bonds is 5. The van der Waals surface area contributed by atoms with Crippen molar-refractivity contribution in [2.75, 3.05) is 13.1 Å². The molecule has 0 amide bonds. The molecule has 1 aromatic rings. The second-order valence-corrected chi connectivity index (χ2v) is 5.11. The number of nitrogens with one attached hydrogen (secondary N) is 1. The van der Waals surface area contributed by atoms with Gasteiger partial charge < -0.3 is 14.8 Å². The Hall–Kier alpha value is -1.82. The molecule has 0 radical (unpaired) electrons. The summed E-state index contributed by atoms with van der Waals surface area (Å²) in [5, 5.41) is 14.5. The lowest BCUT2D eigenvalue weighted by molar-refractivity contribution is -0.387. The van der Waals surface area contributed by atoms with E-state index in [4.69, 9.17) is 9.47 Å². The molecule has 1 fully saturated rings. The lowest BCUT2D eigenvalue weighted by atomic mass is 10.1. The summed E-state index contributed by atoms with van der Waals surface area (Å²) in [5.41, 5.74) is -0.0910. The van der Waals surface area contributed by atoms with Crippen molar-refractivity contribution in [2.24, 2.45) is 0 Å². The van der Waals surface area contributed by atoms with Crippen LogP contribution in [-0.4, -0.2) is 30.2 Å². The van der Waals surface area contributed by atoms with Crippen molar-refractivity contribution < 1.29 is 14.4 Å². The number of ether oxygens (including phenoxy) is 2. The first-order valence-corrected chi connectivity index (χ1v) is 6.89. The number of hydrogen-bond donors (Lipinski definition) is 1. The van der Waals surface area contributed by atoms with Crippen LogP contribution in [0.5, 0.6) is 11.5 Å². The van der Waals surface area contributed by atoms with Crippen LogP contribution in [-0.2, 0) is 0 Å². The molecule has 0 spiro atoms. The number of nitro groups is 1. The topological polar surface area (TPSA) is 73.6 Å². The molecule has 6 heteroatoms. The van der Waals surface area contributed by atoms with Crippen LogP contribution in [0.3, 0.4) is 0 Å². The number of nitrogens with zero attached hydrogens (tertiary/aromatic N) is 1. The third-order valence-corrected chi connectivity index (χ3v) is 3.05. The van der Waals surface area contributed by atoms with E-state index in [0.717, 1.165) is 19.4 Å². The van der Waals surface area contributed by atoms with Gasteiger partial charge in [-0.2, -0.15) is 0 Å². The Balaban J connectivity index is 2.24. The Labute approximate surface area is 118 Å². The third kappa shape index (κ3) is 3.60. The van der Waals surface area contributed by atoms with Gasteiger partial charge in [0, 0.05) is 6.54 Å². The van der Waals surface area contributed by atoms with Gasteiger partial charge in [0.05, 0.1) is 11.0 Å². The fourth-order valence-corrected chi connectivity index (χ4v) is 2.23. The fourth-order valence-electron chi connectivity index (χ4n) is 2.23. The van der Waals surface area contributed by atoms with Crippen LogP contribution in [0.25, 0.3) is 0 Å². The molecular formula is C14H20N2O4. The van der Waals surface area contributed by atoms with E-state index < -0.39 is 4.92 Å². The lowest BCUT2D eigenvalue weighted by Gasteiger charge is -2.24. The standard InChI is InChI=1S/C14H20N2O4/c1-10(2)19-12-6-3-7-13(14(12)16(17)18)20-11-5-4-8-15-9-11/h3,6-7,10-11,15H,4-5,8-9H2,1-2H3. The zero-order chi connectivity index (χ0) is 14.5. The molecule has 110 valence electrons. The van der Waals surface area contributed by atoms with E-state index in [9.17, 15) is 10.1 Å². The van der Waals surface area contributed by atoms with Crippen LogP contribution < -0.4 is 14.8 Å². The maximum atomic E-state index is 11.3. The van der Waals surface area contributed by atoms with Crippen LogP contribution in [0.2, 0.25) is 0 Å². The summed E-state index contributed by atoms with van der Waals surface area (Å²) in [4.78, 5) is 10.9. The summed E-state index contributed by atoms with van der Waals surface area (Å²) in [6, 6.07) is 4.94. The van der Waals surface area contributed by atoms with Crippen molar-refractivity contribution in [2.45, 2.75) is 38.9 Å². The van der Waals surface area contributed by atoms with Crippen LogP contribution >= 0.6 is 0 Å². The molecule has 1 atom stereocenters. The molecule has 0 saturated carbocycles. The second-order valence-electron chi connectivity index (χ2n) is 5.11. The highest BCUT2D eigenvalue weighted by molar-refractivity contribution is 5.57. The summed E-state index contributed by atoms with van der Waals surface area (Å²) in [6.07, 6.45) is 1.76. The number of para-hydroxylation sites is 1. The minimum Gasteiger partial charge on any atom is -0.484 e. The molecule has 0 aliphatic carbocycles. The second kappa shape index (κ2) is 6.56. The average molecular weight is 280 g/mol. The summed E-state index contributed by atoms with van der Waals surface area (Å²) < 4.78 is 11.3. The molecule has 1 heterocycles. The van der Waals surface area contributed by atoms with Crippen molar-refractivity contribution in [1.29, 1.82) is 0 Å². The molecule has 1 N–H and O–H groups in total. The maximum Gasteiger partial charge on any atom is 0.352 e. The van der Waals surface area contributed by atoms with Gasteiger partial charge in [0.15, 0.2) is 0 Å². The number of piperidine rings is 1. The van der Waals surface area contributed by atoms with Crippen LogP contribution in [0, 0.1) is 10.1 Å². The SMILES string of the molecule is CC(C)Oc1cccc(OC2CCCNC2)c1[N+](=O)[O-]. The molecule has 0 bridgehead atoms. The Kier molecular flexibility index (Phi) is 4.79. The van der Waals surface area contributed by atoms with Crippen molar-refractivity contribution in [1.82, 2.24) is 5.32 Å². The summed E-state index contributed by atoms with van der Waals surface area (Å²) in [5.74, 6) is 0.535. The van der Waals surface area contributed by atoms with Crippen LogP contribution in [0.15, 0.2) is 18.2 Å². The van der Waals surface area contributed by atoms with Crippen LogP contribution in [0.1, 0.15) is 26.7 Å². The predicted octanol–water partition coefficient (Wildman–Crippen LogP) is 2.51. The van der Waals surface area contributed by atoms with Gasteiger partial charge in [0.2, 0.25) is 11.5 Å². The third-order valence-electron chi connectivity index (χ3n) is 3.05. The van der Waals surface area contributed by atoms with Crippen molar-refractivity contribution >= 4 is 5.69 Å². The van der Waals surface area contributed by atoms with E-state index in [-0.39, 0.29) is 29.4 Å². The van der Waals surface area contributed by atoms with Gasteiger partial charge in [0.1, 0.15) is 6.10 Å². The summed E-state index contributed by atoms with van der Waals surface area (Å²) in [7, 11) is 0. The number of nitro benzene ring substituents is 1. The lowest BCUT2D eigenvalue weighted by Crippen LogP contribution is -2.37. The largest absolute Gasteiger partial charge is 0.484 e. The number of benzene rings is 1. The quantitative estimate of drug-likeness (QED) is 0.662. The Bertz CT molecular complexity index is 470. The van der Waals surface area contributed by atoms with Crippen molar-refractivity contribution in [3.63, 3.8) is 0 Å². The minimum atomic E-state index is -0.441. The molecule has 20 heavy (non-hydrogen) atoms. The summed E-state index contributed by atoms with van der Waals surface area (Å²) in [6.45, 7) is 5.36. The Morgan fingerprint density at radius 3 is 2.75 bits per heavy atom. The van der Waals surface area contributed by atoms with E-state index in [1.807, 2.05) is 13.8 Å². The molecule has 1 unspecified atom stereocenters. The van der Waals surface area contributed by atoms with Gasteiger partial charge in [-0.3, -0.25) is 10.1 Å². The van der Waals surface area contributed by atoms with Gasteiger partial charge in [0.25, 0.3) is 0 Å². The zero-order valence-electron chi connectivity index (χ0n) is 11.8. The molecule has 2 rings (SSSR count). The highest BCUT2D eigenvalue weighted by Gasteiger charge is 2.25. The van der Waals surface area contributed by atoms with E-state index in [2.05, 4.69) is 5.32 Å². The van der Waals surface area contributed by atoms with Gasteiger partial charge in [-0.1, -0.05) is 6.07 Å². The molecular weight excluding hydrogens is 260 g/mol. The first-order chi connectivity index (χ1) is 9.58. The van der Waals surface area contributed by atoms with Gasteiger partial charge in [-0.05, 0) is 45.4 Å². The molecule has 0 aromatic heterocycles. The van der Waals surface area contributed by atoms with E-state index in [0.29, 0.717) is 6.54 Å².